The minimum Gasteiger partial charge on any atom is -0.465 e. The van der Waals surface area contributed by atoms with Gasteiger partial charge in [-0.25, -0.2) is 4.79 Å². The van der Waals surface area contributed by atoms with E-state index in [1.54, 1.807) is 24.3 Å². The Kier molecular flexibility index (Phi) is 6.56. The van der Waals surface area contributed by atoms with Crippen LogP contribution in [-0.2, 0) is 4.74 Å². The topological polar surface area (TPSA) is 87.7 Å². The van der Waals surface area contributed by atoms with Crippen molar-refractivity contribution < 1.29 is 19.1 Å². The number of amides is 2. The summed E-state index contributed by atoms with van der Waals surface area (Å²) in [6.45, 7) is 1.56. The molecule has 2 amide bonds. The number of nitrogens with one attached hydrogen (secondary N) is 2. The minimum atomic E-state index is -0.475. The van der Waals surface area contributed by atoms with Crippen LogP contribution in [0, 0.1) is 0 Å². The SMILES string of the molecule is COC(=O)c1ccc(C(=O)NC(=S)Nc2cccc(C(=O)N3CCCC3)c2)cc1. The van der Waals surface area contributed by atoms with Crippen molar-refractivity contribution in [1.82, 2.24) is 10.2 Å². The standard InChI is InChI=1S/C21H21N3O4S/c1-28-20(27)15-9-7-14(8-10-15)18(25)23-21(29)22-17-6-4-5-16(13-17)19(26)24-11-2-3-12-24/h4-10,13H,2-3,11-12H2,1H3,(H2,22,23,25,29). The molecule has 0 unspecified atom stereocenters. The van der Waals surface area contributed by atoms with Crippen molar-refractivity contribution in [2.24, 2.45) is 0 Å². The van der Waals surface area contributed by atoms with Crippen LogP contribution in [0.25, 0.3) is 0 Å². The molecule has 0 aromatic heterocycles. The van der Waals surface area contributed by atoms with Crippen molar-refractivity contribution in [3.63, 3.8) is 0 Å². The summed E-state index contributed by atoms with van der Waals surface area (Å²) < 4.78 is 4.63. The van der Waals surface area contributed by atoms with Gasteiger partial charge in [0.15, 0.2) is 5.11 Å². The smallest absolute Gasteiger partial charge is 0.337 e. The number of nitrogens with zero attached hydrogens (tertiary/aromatic N) is 1. The number of carbonyl (C=O) groups is 3. The molecule has 1 saturated heterocycles. The van der Waals surface area contributed by atoms with Crippen LogP contribution in [0.5, 0.6) is 0 Å². The fourth-order valence-electron chi connectivity index (χ4n) is 3.05. The van der Waals surface area contributed by atoms with Crippen LogP contribution in [0.1, 0.15) is 43.9 Å². The quantitative estimate of drug-likeness (QED) is 0.594. The Bertz CT molecular complexity index is 937. The zero-order valence-electron chi connectivity index (χ0n) is 15.9. The monoisotopic (exact) mass is 411 g/mol. The molecule has 8 heteroatoms. The van der Waals surface area contributed by atoms with E-state index in [4.69, 9.17) is 12.2 Å². The van der Waals surface area contributed by atoms with E-state index in [9.17, 15) is 14.4 Å². The molecule has 0 spiro atoms. The number of thiocarbonyl (C=S) groups is 1. The Labute approximate surface area is 174 Å². The summed E-state index contributed by atoms with van der Waals surface area (Å²) in [6, 6.07) is 13.0. The first-order valence-electron chi connectivity index (χ1n) is 9.18. The van der Waals surface area contributed by atoms with Gasteiger partial charge in [0.2, 0.25) is 0 Å². The zero-order valence-corrected chi connectivity index (χ0v) is 16.8. The minimum absolute atomic E-state index is 0.00759. The maximum Gasteiger partial charge on any atom is 0.337 e. The van der Waals surface area contributed by atoms with Gasteiger partial charge in [0.05, 0.1) is 12.7 Å². The van der Waals surface area contributed by atoms with E-state index in [0.717, 1.165) is 25.9 Å². The Morgan fingerprint density at radius 2 is 1.62 bits per heavy atom. The number of anilines is 1. The van der Waals surface area contributed by atoms with Crippen LogP contribution in [0.2, 0.25) is 0 Å². The van der Waals surface area contributed by atoms with Crippen LogP contribution in [0.15, 0.2) is 48.5 Å². The normalized spacial score (nSPS) is 12.9. The second kappa shape index (κ2) is 9.29. The number of hydrogen-bond acceptors (Lipinski definition) is 5. The molecule has 2 aromatic carbocycles. The average Bonchev–Trinajstić information content (AvgIpc) is 3.27. The van der Waals surface area contributed by atoms with Crippen LogP contribution in [0.3, 0.4) is 0 Å². The highest BCUT2D eigenvalue weighted by Gasteiger charge is 2.19. The first-order valence-corrected chi connectivity index (χ1v) is 9.59. The third-order valence-corrected chi connectivity index (χ3v) is 4.76. The van der Waals surface area contributed by atoms with Gasteiger partial charge >= 0.3 is 5.97 Å². The fourth-order valence-corrected chi connectivity index (χ4v) is 3.26. The summed E-state index contributed by atoms with van der Waals surface area (Å²) in [5, 5.41) is 5.61. The Morgan fingerprint density at radius 1 is 0.966 bits per heavy atom. The summed E-state index contributed by atoms with van der Waals surface area (Å²) in [5.41, 5.74) is 1.88. The van der Waals surface area contributed by atoms with E-state index in [-0.39, 0.29) is 11.0 Å². The van der Waals surface area contributed by atoms with E-state index in [0.29, 0.717) is 22.4 Å². The highest BCUT2D eigenvalue weighted by molar-refractivity contribution is 7.80. The molecule has 150 valence electrons. The van der Waals surface area contributed by atoms with Crippen molar-refractivity contribution in [3.8, 4) is 0 Å². The number of benzene rings is 2. The number of rotatable bonds is 4. The highest BCUT2D eigenvalue weighted by atomic mass is 32.1. The van der Waals surface area contributed by atoms with Gasteiger partial charge in [0.1, 0.15) is 0 Å². The summed E-state index contributed by atoms with van der Waals surface area (Å²) in [5.74, 6) is -0.896. The van der Waals surface area contributed by atoms with Gasteiger partial charge in [-0.2, -0.15) is 0 Å². The van der Waals surface area contributed by atoms with E-state index in [1.807, 2.05) is 4.90 Å². The molecule has 0 atom stereocenters. The molecular formula is C21H21N3O4S. The van der Waals surface area contributed by atoms with E-state index in [1.165, 1.54) is 31.4 Å². The Morgan fingerprint density at radius 3 is 2.28 bits per heavy atom. The predicted octanol–water partition coefficient (Wildman–Crippen LogP) is 2.84. The summed E-state index contributed by atoms with van der Waals surface area (Å²) >= 11 is 5.20. The molecule has 2 N–H and O–H groups in total. The van der Waals surface area contributed by atoms with Gasteiger partial charge in [0.25, 0.3) is 11.8 Å². The van der Waals surface area contributed by atoms with Crippen LogP contribution in [0.4, 0.5) is 5.69 Å². The number of hydrogen-bond donors (Lipinski definition) is 2. The average molecular weight is 411 g/mol. The molecule has 0 bridgehead atoms. The molecule has 29 heavy (non-hydrogen) atoms. The number of carbonyl (C=O) groups excluding carboxylic acids is 3. The van der Waals surface area contributed by atoms with Crippen LogP contribution < -0.4 is 10.6 Å². The fraction of sp³-hybridized carbons (Fsp3) is 0.238. The molecule has 0 saturated carbocycles. The molecule has 1 aliphatic rings. The van der Waals surface area contributed by atoms with Gasteiger partial charge in [-0.3, -0.25) is 14.9 Å². The first kappa shape index (κ1) is 20.5. The second-order valence-electron chi connectivity index (χ2n) is 6.56. The lowest BCUT2D eigenvalue weighted by Gasteiger charge is -2.16. The van der Waals surface area contributed by atoms with Gasteiger partial charge in [-0.05, 0) is 67.5 Å². The summed E-state index contributed by atoms with van der Waals surface area (Å²) in [6.07, 6.45) is 2.06. The Balaban J connectivity index is 1.60. The largest absolute Gasteiger partial charge is 0.465 e. The van der Waals surface area contributed by atoms with Gasteiger partial charge in [-0.1, -0.05) is 6.07 Å². The lowest BCUT2D eigenvalue weighted by atomic mass is 10.1. The summed E-state index contributed by atoms with van der Waals surface area (Å²) in [7, 11) is 1.29. The summed E-state index contributed by atoms with van der Waals surface area (Å²) in [4.78, 5) is 38.1. The number of esters is 1. The van der Waals surface area contributed by atoms with Gasteiger partial charge in [0, 0.05) is 29.9 Å². The Hall–Kier alpha value is -3.26. The molecule has 1 fully saturated rings. The lowest BCUT2D eigenvalue weighted by molar-refractivity contribution is 0.0600. The second-order valence-corrected chi connectivity index (χ2v) is 6.97. The maximum atomic E-state index is 12.5. The van der Waals surface area contributed by atoms with Crippen molar-refractivity contribution in [2.45, 2.75) is 12.8 Å². The van der Waals surface area contributed by atoms with E-state index in [2.05, 4.69) is 15.4 Å². The molecule has 3 rings (SSSR count). The zero-order chi connectivity index (χ0) is 20.8. The predicted molar refractivity (Wildman–Crippen MR) is 113 cm³/mol. The van der Waals surface area contributed by atoms with Crippen LogP contribution >= 0.6 is 12.2 Å². The van der Waals surface area contributed by atoms with Crippen LogP contribution in [-0.4, -0.2) is 48.0 Å². The maximum absolute atomic E-state index is 12.5. The third-order valence-electron chi connectivity index (χ3n) is 4.56. The molecule has 0 radical (unpaired) electrons. The van der Waals surface area contributed by atoms with Crippen molar-refractivity contribution in [2.75, 3.05) is 25.5 Å². The van der Waals surface area contributed by atoms with Gasteiger partial charge in [-0.15, -0.1) is 0 Å². The number of methoxy groups -OCH3 is 1. The van der Waals surface area contributed by atoms with E-state index < -0.39 is 11.9 Å². The van der Waals surface area contributed by atoms with Crippen molar-refractivity contribution >= 4 is 40.8 Å². The van der Waals surface area contributed by atoms with Crippen molar-refractivity contribution in [1.29, 1.82) is 0 Å². The molecule has 7 nitrogen and oxygen atoms in total. The molecule has 0 aliphatic carbocycles. The lowest BCUT2D eigenvalue weighted by Crippen LogP contribution is -2.34. The molecule has 2 aromatic rings. The number of likely N-dealkylation sites (tertiary alicyclic amines) is 1. The molecule has 1 aliphatic heterocycles. The molecule has 1 heterocycles. The molecular weight excluding hydrogens is 390 g/mol. The van der Waals surface area contributed by atoms with Gasteiger partial charge < -0.3 is 15.0 Å². The highest BCUT2D eigenvalue weighted by Crippen LogP contribution is 2.16. The third kappa shape index (κ3) is 5.17. The number of ether oxygens (including phenoxy) is 1. The first-order chi connectivity index (χ1) is 14.0. The van der Waals surface area contributed by atoms with Crippen molar-refractivity contribution in [3.05, 3.63) is 65.2 Å². The van der Waals surface area contributed by atoms with E-state index >= 15 is 0 Å².